The first-order valence-corrected chi connectivity index (χ1v) is 7.92. The summed E-state index contributed by atoms with van der Waals surface area (Å²) < 4.78 is 5.56. The van der Waals surface area contributed by atoms with Crippen molar-refractivity contribution in [2.45, 2.75) is 37.6 Å². The molecule has 2 N–H and O–H groups in total. The molecule has 1 aliphatic carbocycles. The lowest BCUT2D eigenvalue weighted by Crippen LogP contribution is -2.13. The molecule has 1 aliphatic heterocycles. The van der Waals surface area contributed by atoms with Crippen LogP contribution in [0.3, 0.4) is 0 Å². The summed E-state index contributed by atoms with van der Waals surface area (Å²) in [7, 11) is 0. The molecule has 0 aromatic heterocycles. The summed E-state index contributed by atoms with van der Waals surface area (Å²) in [4.78, 5) is 0. The van der Waals surface area contributed by atoms with Crippen molar-refractivity contribution in [3.63, 3.8) is 0 Å². The SMILES string of the molecule is NC(c1ccc(C2CCC2)cc1)c1ccc2c(c1)CCO2. The third-order valence-corrected chi connectivity index (χ3v) is 4.94. The van der Waals surface area contributed by atoms with Crippen molar-refractivity contribution in [2.75, 3.05) is 6.61 Å². The fourth-order valence-electron chi connectivity index (χ4n) is 3.31. The van der Waals surface area contributed by atoms with E-state index in [9.17, 15) is 0 Å². The number of rotatable bonds is 3. The van der Waals surface area contributed by atoms with Gasteiger partial charge in [0.05, 0.1) is 12.6 Å². The summed E-state index contributed by atoms with van der Waals surface area (Å²) >= 11 is 0. The highest BCUT2D eigenvalue weighted by Gasteiger charge is 2.20. The first-order valence-electron chi connectivity index (χ1n) is 7.92. The van der Waals surface area contributed by atoms with Crippen LogP contribution in [0.25, 0.3) is 0 Å². The van der Waals surface area contributed by atoms with Gasteiger partial charge < -0.3 is 10.5 Å². The number of benzene rings is 2. The van der Waals surface area contributed by atoms with Gasteiger partial charge >= 0.3 is 0 Å². The van der Waals surface area contributed by atoms with Crippen LogP contribution >= 0.6 is 0 Å². The minimum absolute atomic E-state index is 0.0497. The summed E-state index contributed by atoms with van der Waals surface area (Å²) in [5.41, 5.74) is 11.6. The van der Waals surface area contributed by atoms with Crippen LogP contribution in [0.5, 0.6) is 5.75 Å². The third-order valence-electron chi connectivity index (χ3n) is 4.94. The summed E-state index contributed by atoms with van der Waals surface area (Å²) in [6, 6.07) is 15.2. The molecule has 0 amide bonds. The highest BCUT2D eigenvalue weighted by molar-refractivity contribution is 5.43. The van der Waals surface area contributed by atoms with E-state index in [0.29, 0.717) is 0 Å². The van der Waals surface area contributed by atoms with Gasteiger partial charge in [0.1, 0.15) is 5.75 Å². The van der Waals surface area contributed by atoms with Crippen molar-refractivity contribution in [3.05, 3.63) is 64.7 Å². The minimum atomic E-state index is -0.0497. The van der Waals surface area contributed by atoms with E-state index in [4.69, 9.17) is 10.5 Å². The molecule has 1 unspecified atom stereocenters. The van der Waals surface area contributed by atoms with Crippen LogP contribution in [0, 0.1) is 0 Å². The molecule has 0 saturated heterocycles. The van der Waals surface area contributed by atoms with Crippen molar-refractivity contribution in [1.82, 2.24) is 0 Å². The van der Waals surface area contributed by atoms with Crippen LogP contribution in [0.4, 0.5) is 0 Å². The van der Waals surface area contributed by atoms with E-state index in [2.05, 4.69) is 42.5 Å². The second-order valence-corrected chi connectivity index (χ2v) is 6.24. The van der Waals surface area contributed by atoms with Gasteiger partial charge in [-0.05, 0) is 47.1 Å². The lowest BCUT2D eigenvalue weighted by atomic mass is 9.79. The van der Waals surface area contributed by atoms with Crippen LogP contribution in [-0.2, 0) is 6.42 Å². The van der Waals surface area contributed by atoms with Crippen LogP contribution in [-0.4, -0.2) is 6.61 Å². The summed E-state index contributed by atoms with van der Waals surface area (Å²) in [5.74, 6) is 1.80. The molecule has 2 aromatic carbocycles. The Morgan fingerprint density at radius 2 is 1.76 bits per heavy atom. The molecule has 0 bridgehead atoms. The standard InChI is InChI=1S/C19H21NO/c20-19(17-8-9-18-16(12-17)10-11-21-18)15-6-4-14(5-7-15)13-2-1-3-13/h4-9,12-13,19H,1-3,10-11,20H2. The molecule has 2 heteroatoms. The van der Waals surface area contributed by atoms with Gasteiger partial charge in [-0.2, -0.15) is 0 Å². The Morgan fingerprint density at radius 3 is 2.48 bits per heavy atom. The lowest BCUT2D eigenvalue weighted by molar-refractivity contribution is 0.357. The molecule has 0 radical (unpaired) electrons. The molecule has 1 heterocycles. The maximum Gasteiger partial charge on any atom is 0.122 e. The lowest BCUT2D eigenvalue weighted by Gasteiger charge is -2.26. The quantitative estimate of drug-likeness (QED) is 0.923. The zero-order chi connectivity index (χ0) is 14.2. The van der Waals surface area contributed by atoms with Crippen LogP contribution < -0.4 is 10.5 Å². The maximum absolute atomic E-state index is 6.44. The summed E-state index contributed by atoms with van der Waals surface area (Å²) in [6.07, 6.45) is 5.06. The number of hydrogen-bond acceptors (Lipinski definition) is 2. The van der Waals surface area contributed by atoms with Crippen LogP contribution in [0.1, 0.15) is 53.5 Å². The van der Waals surface area contributed by atoms with E-state index < -0.39 is 0 Å². The van der Waals surface area contributed by atoms with E-state index in [1.54, 1.807) is 0 Å². The summed E-state index contributed by atoms with van der Waals surface area (Å²) in [6.45, 7) is 0.796. The average molecular weight is 279 g/mol. The monoisotopic (exact) mass is 279 g/mol. The predicted octanol–water partition coefficient (Wildman–Crippen LogP) is 3.94. The zero-order valence-corrected chi connectivity index (χ0v) is 12.2. The number of nitrogens with two attached hydrogens (primary N) is 1. The van der Waals surface area contributed by atoms with Crippen molar-refractivity contribution in [2.24, 2.45) is 5.73 Å². The Morgan fingerprint density at radius 1 is 1.00 bits per heavy atom. The Bertz CT molecular complexity index is 643. The summed E-state index contributed by atoms with van der Waals surface area (Å²) in [5, 5.41) is 0. The van der Waals surface area contributed by atoms with E-state index >= 15 is 0 Å². The molecule has 1 atom stereocenters. The van der Waals surface area contributed by atoms with E-state index in [-0.39, 0.29) is 6.04 Å². The van der Waals surface area contributed by atoms with Gasteiger partial charge in [0, 0.05) is 6.42 Å². The van der Waals surface area contributed by atoms with Crippen molar-refractivity contribution < 1.29 is 4.74 Å². The van der Waals surface area contributed by atoms with Crippen LogP contribution in [0.15, 0.2) is 42.5 Å². The van der Waals surface area contributed by atoms with Gasteiger partial charge in [-0.15, -0.1) is 0 Å². The number of ether oxygens (including phenoxy) is 1. The normalized spacial score (nSPS) is 18.7. The van der Waals surface area contributed by atoms with Gasteiger partial charge in [0.25, 0.3) is 0 Å². The Hall–Kier alpha value is -1.80. The zero-order valence-electron chi connectivity index (χ0n) is 12.2. The maximum atomic E-state index is 6.44. The first-order chi connectivity index (χ1) is 10.3. The van der Waals surface area contributed by atoms with Crippen molar-refractivity contribution in [3.8, 4) is 5.75 Å². The van der Waals surface area contributed by atoms with Gasteiger partial charge in [-0.1, -0.05) is 42.8 Å². The molecule has 1 fully saturated rings. The molecule has 108 valence electrons. The minimum Gasteiger partial charge on any atom is -0.493 e. The molecule has 2 nitrogen and oxygen atoms in total. The Kier molecular flexibility index (Phi) is 3.19. The highest BCUT2D eigenvalue weighted by Crippen LogP contribution is 2.37. The largest absolute Gasteiger partial charge is 0.493 e. The van der Waals surface area contributed by atoms with Crippen molar-refractivity contribution >= 4 is 0 Å². The average Bonchev–Trinajstić information content (AvgIpc) is 2.93. The van der Waals surface area contributed by atoms with Gasteiger partial charge in [-0.3, -0.25) is 0 Å². The molecule has 2 aromatic rings. The number of fused-ring (bicyclic) bond motifs is 1. The smallest absolute Gasteiger partial charge is 0.122 e. The predicted molar refractivity (Wildman–Crippen MR) is 84.7 cm³/mol. The molecule has 0 spiro atoms. The molecule has 4 rings (SSSR count). The second-order valence-electron chi connectivity index (χ2n) is 6.24. The molecule has 2 aliphatic rings. The Labute approximate surface area is 125 Å². The topological polar surface area (TPSA) is 35.2 Å². The van der Waals surface area contributed by atoms with E-state index in [1.165, 1.54) is 41.5 Å². The van der Waals surface area contributed by atoms with Gasteiger partial charge in [0.2, 0.25) is 0 Å². The molecule has 21 heavy (non-hydrogen) atoms. The first kappa shape index (κ1) is 12.9. The Balaban J connectivity index is 1.57. The van der Waals surface area contributed by atoms with Crippen molar-refractivity contribution in [1.29, 1.82) is 0 Å². The van der Waals surface area contributed by atoms with E-state index in [0.717, 1.165) is 24.7 Å². The van der Waals surface area contributed by atoms with Gasteiger partial charge in [-0.25, -0.2) is 0 Å². The molecular weight excluding hydrogens is 258 g/mol. The fraction of sp³-hybridized carbons (Fsp3) is 0.368. The second kappa shape index (κ2) is 5.19. The fourth-order valence-corrected chi connectivity index (χ4v) is 3.31. The third kappa shape index (κ3) is 2.34. The van der Waals surface area contributed by atoms with E-state index in [1.807, 2.05) is 0 Å². The number of hydrogen-bond donors (Lipinski definition) is 1. The molecule has 1 saturated carbocycles. The highest BCUT2D eigenvalue weighted by atomic mass is 16.5. The van der Waals surface area contributed by atoms with Crippen LogP contribution in [0.2, 0.25) is 0 Å². The van der Waals surface area contributed by atoms with Gasteiger partial charge in [0.15, 0.2) is 0 Å². The molecular formula is C19H21NO.